The number of Topliss-reactive ketones (excluding diaryl/α,β-unsaturated/α-hetero) is 1. The van der Waals surface area contributed by atoms with Gasteiger partial charge in [0, 0.05) is 18.9 Å². The van der Waals surface area contributed by atoms with Crippen LogP contribution in [0.3, 0.4) is 0 Å². The molecule has 1 amide bonds. The molecule has 1 aliphatic heterocycles. The van der Waals surface area contributed by atoms with Crippen LogP contribution >= 0.6 is 0 Å². The molecule has 2 aliphatic rings. The summed E-state index contributed by atoms with van der Waals surface area (Å²) >= 11 is 0. The zero-order chi connectivity index (χ0) is 25.3. The Hall–Kier alpha value is -2.54. The van der Waals surface area contributed by atoms with Crippen molar-refractivity contribution in [1.29, 1.82) is 0 Å². The fourth-order valence-electron chi connectivity index (χ4n) is 4.95. The largest absolute Gasteiger partial charge is 0.379 e. The molecule has 1 fully saturated rings. The minimum absolute atomic E-state index is 0.0308. The van der Waals surface area contributed by atoms with E-state index in [9.17, 15) is 9.59 Å². The van der Waals surface area contributed by atoms with Gasteiger partial charge in [-0.3, -0.25) is 9.59 Å². The van der Waals surface area contributed by atoms with Crippen LogP contribution in [0.4, 0.5) is 4.39 Å². The molecule has 1 aromatic carbocycles. The van der Waals surface area contributed by atoms with Crippen LogP contribution in [0.25, 0.3) is 11.4 Å². The number of fused-ring (bicyclic) bond motifs is 1. The number of nitrogens with zero attached hydrogens (tertiary/aromatic N) is 2. The second-order valence-electron chi connectivity index (χ2n) is 11.1. The lowest BCUT2D eigenvalue weighted by molar-refractivity contribution is -0.126. The Bertz CT molecular complexity index is 1100. The van der Waals surface area contributed by atoms with Crippen LogP contribution in [0.2, 0.25) is 0 Å². The first-order chi connectivity index (χ1) is 16.6. The van der Waals surface area contributed by atoms with E-state index in [4.69, 9.17) is 4.74 Å². The van der Waals surface area contributed by atoms with E-state index in [1.807, 2.05) is 38.3 Å². The number of ether oxygens (including phenoxy) is 1. The van der Waals surface area contributed by atoms with Crippen molar-refractivity contribution in [2.24, 2.45) is 11.3 Å². The monoisotopic (exact) mass is 483 g/mol. The maximum Gasteiger partial charge on any atom is 0.272 e. The van der Waals surface area contributed by atoms with Crippen molar-refractivity contribution in [2.75, 3.05) is 13.2 Å². The summed E-state index contributed by atoms with van der Waals surface area (Å²) in [5.41, 5.74) is 1.92. The third-order valence-corrected chi connectivity index (χ3v) is 7.15. The summed E-state index contributed by atoms with van der Waals surface area (Å²) < 4.78 is 22.8. The molecule has 0 bridgehead atoms. The topological polar surface area (TPSA) is 73.2 Å². The van der Waals surface area contributed by atoms with Crippen LogP contribution < -0.4 is 5.32 Å². The number of ketones is 1. The first-order valence-electron chi connectivity index (χ1n) is 12.9. The lowest BCUT2D eigenvalue weighted by atomic mass is 9.79. The molecule has 1 aromatic heterocycles. The number of amides is 1. The fraction of sp³-hybridized carbons (Fsp3) is 0.607. The SMILES string of the molecule is CCCC(C)C(=O)C(NC(=O)c1nc(-c2ccc(C3CC3)cc2F)n2c1CCOCC2)C(C)(C)C. The zero-order valence-electron chi connectivity index (χ0n) is 21.6. The second kappa shape index (κ2) is 10.2. The minimum Gasteiger partial charge on any atom is -0.379 e. The Labute approximate surface area is 207 Å². The molecule has 7 heteroatoms. The molecule has 4 rings (SSSR count). The van der Waals surface area contributed by atoms with Crippen LogP contribution in [-0.2, 0) is 22.5 Å². The van der Waals surface area contributed by atoms with E-state index >= 15 is 4.39 Å². The van der Waals surface area contributed by atoms with Crippen LogP contribution in [0.15, 0.2) is 18.2 Å². The highest BCUT2D eigenvalue weighted by atomic mass is 19.1. The quantitative estimate of drug-likeness (QED) is 0.554. The predicted molar refractivity (Wildman–Crippen MR) is 134 cm³/mol. The average molecular weight is 484 g/mol. The van der Waals surface area contributed by atoms with Gasteiger partial charge in [0.15, 0.2) is 5.78 Å². The molecule has 35 heavy (non-hydrogen) atoms. The van der Waals surface area contributed by atoms with E-state index in [0.29, 0.717) is 43.5 Å². The Morgan fingerprint density at radius 2 is 2.00 bits per heavy atom. The van der Waals surface area contributed by atoms with E-state index in [1.165, 1.54) is 0 Å². The van der Waals surface area contributed by atoms with Crippen LogP contribution in [0.5, 0.6) is 0 Å². The molecule has 1 aliphatic carbocycles. The first kappa shape index (κ1) is 25.5. The number of carbonyl (C=O) groups is 2. The molecule has 0 spiro atoms. The number of nitrogens with one attached hydrogen (secondary N) is 1. The van der Waals surface area contributed by atoms with Crippen LogP contribution in [0.1, 0.15) is 88.0 Å². The summed E-state index contributed by atoms with van der Waals surface area (Å²) in [4.78, 5) is 31.5. The molecule has 0 radical (unpaired) electrons. The first-order valence-corrected chi connectivity index (χ1v) is 12.9. The summed E-state index contributed by atoms with van der Waals surface area (Å²) in [6.45, 7) is 11.3. The summed E-state index contributed by atoms with van der Waals surface area (Å²) in [6, 6.07) is 4.70. The molecule has 2 atom stereocenters. The zero-order valence-corrected chi connectivity index (χ0v) is 21.6. The maximum atomic E-state index is 15.2. The Balaban J connectivity index is 1.69. The number of aromatic nitrogens is 2. The van der Waals surface area contributed by atoms with Gasteiger partial charge in [0.25, 0.3) is 5.91 Å². The lowest BCUT2D eigenvalue weighted by Gasteiger charge is -2.32. The van der Waals surface area contributed by atoms with E-state index in [2.05, 4.69) is 17.2 Å². The van der Waals surface area contributed by atoms with E-state index < -0.39 is 17.4 Å². The second-order valence-corrected chi connectivity index (χ2v) is 11.1. The van der Waals surface area contributed by atoms with Gasteiger partial charge in [0.1, 0.15) is 17.3 Å². The van der Waals surface area contributed by atoms with Crippen LogP contribution in [0, 0.1) is 17.2 Å². The lowest BCUT2D eigenvalue weighted by Crippen LogP contribution is -2.51. The van der Waals surface area contributed by atoms with Gasteiger partial charge >= 0.3 is 0 Å². The molecule has 190 valence electrons. The smallest absolute Gasteiger partial charge is 0.272 e. The van der Waals surface area contributed by atoms with Crippen molar-refractivity contribution in [1.82, 2.24) is 14.9 Å². The number of hydrogen-bond donors (Lipinski definition) is 1. The summed E-state index contributed by atoms with van der Waals surface area (Å²) in [5.74, 6) is 0.0559. The number of carbonyl (C=O) groups excluding carboxylic acids is 2. The van der Waals surface area contributed by atoms with E-state index in [-0.39, 0.29) is 23.2 Å². The van der Waals surface area contributed by atoms with Crippen molar-refractivity contribution in [2.45, 2.75) is 85.2 Å². The van der Waals surface area contributed by atoms with Gasteiger partial charge in [-0.1, -0.05) is 47.1 Å². The fourth-order valence-corrected chi connectivity index (χ4v) is 4.95. The van der Waals surface area contributed by atoms with Gasteiger partial charge in [-0.25, -0.2) is 9.37 Å². The summed E-state index contributed by atoms with van der Waals surface area (Å²) in [6.07, 6.45) is 4.38. The molecule has 0 saturated heterocycles. The van der Waals surface area contributed by atoms with Crippen molar-refractivity contribution >= 4 is 11.7 Å². The Kier molecular flexibility index (Phi) is 7.46. The van der Waals surface area contributed by atoms with Gasteiger partial charge in [0.2, 0.25) is 0 Å². The number of rotatable bonds is 8. The Morgan fingerprint density at radius 3 is 2.63 bits per heavy atom. The van der Waals surface area contributed by atoms with Gasteiger partial charge in [-0.15, -0.1) is 0 Å². The molecule has 2 aromatic rings. The van der Waals surface area contributed by atoms with Gasteiger partial charge < -0.3 is 14.6 Å². The number of hydrogen-bond acceptors (Lipinski definition) is 4. The maximum absolute atomic E-state index is 15.2. The van der Waals surface area contributed by atoms with Gasteiger partial charge in [-0.2, -0.15) is 0 Å². The van der Waals surface area contributed by atoms with Crippen molar-refractivity contribution in [3.05, 3.63) is 41.0 Å². The number of halogens is 1. The van der Waals surface area contributed by atoms with Gasteiger partial charge in [-0.05, 0) is 48.3 Å². The molecule has 1 saturated carbocycles. The molecule has 1 N–H and O–H groups in total. The number of imidazole rings is 1. The minimum atomic E-state index is -0.645. The van der Waals surface area contributed by atoms with E-state index in [0.717, 1.165) is 36.9 Å². The highest BCUT2D eigenvalue weighted by Crippen LogP contribution is 2.41. The van der Waals surface area contributed by atoms with Crippen LogP contribution in [-0.4, -0.2) is 40.5 Å². The van der Waals surface area contributed by atoms with E-state index in [1.54, 1.807) is 12.1 Å². The molecule has 6 nitrogen and oxygen atoms in total. The molecule has 2 unspecified atom stereocenters. The summed E-state index contributed by atoms with van der Waals surface area (Å²) in [5, 5.41) is 3.00. The Morgan fingerprint density at radius 1 is 1.26 bits per heavy atom. The molecular formula is C28H38FN3O3. The van der Waals surface area contributed by atoms with Gasteiger partial charge in [0.05, 0.1) is 30.5 Å². The third-order valence-electron chi connectivity index (χ3n) is 7.15. The number of benzene rings is 1. The van der Waals surface area contributed by atoms with Crippen molar-refractivity contribution in [3.8, 4) is 11.4 Å². The predicted octanol–water partition coefficient (Wildman–Crippen LogP) is 5.29. The third kappa shape index (κ3) is 5.50. The standard InChI is InChI=1S/C28H38FN3O3/c1-6-7-17(2)24(33)25(28(3,4)5)31-27(34)23-22-12-14-35-15-13-32(22)26(30-23)20-11-10-19(16-21(20)29)18-8-9-18/h10-11,16-18,25H,6-9,12-15H2,1-5H3,(H,31,34). The average Bonchev–Trinajstić information content (AvgIpc) is 3.62. The van der Waals surface area contributed by atoms with Crippen molar-refractivity contribution in [3.63, 3.8) is 0 Å². The summed E-state index contributed by atoms with van der Waals surface area (Å²) in [7, 11) is 0. The molecule has 2 heterocycles. The highest BCUT2D eigenvalue weighted by Gasteiger charge is 2.36. The normalized spacial score (nSPS) is 17.9. The highest BCUT2D eigenvalue weighted by molar-refractivity contribution is 5.98. The van der Waals surface area contributed by atoms with Crippen molar-refractivity contribution < 1.29 is 18.7 Å². The molecular weight excluding hydrogens is 445 g/mol.